The van der Waals surface area contributed by atoms with Gasteiger partial charge in [-0.1, -0.05) is 34.1 Å². The molecule has 0 unspecified atom stereocenters. The van der Waals surface area contributed by atoms with Crippen LogP contribution in [0.2, 0.25) is 0 Å². The molecule has 7 heteroatoms. The van der Waals surface area contributed by atoms with E-state index in [1.807, 2.05) is 0 Å². The zero-order chi connectivity index (χ0) is 18.1. The fraction of sp³-hybridized carbons (Fsp3) is 0.0556. The molecule has 0 saturated carbocycles. The second-order valence-electron chi connectivity index (χ2n) is 5.36. The van der Waals surface area contributed by atoms with Crippen molar-refractivity contribution < 1.29 is 23.9 Å². The number of benzene rings is 2. The molecule has 0 radical (unpaired) electrons. The highest BCUT2D eigenvalue weighted by molar-refractivity contribution is 9.10. The van der Waals surface area contributed by atoms with Crippen molar-refractivity contribution in [2.45, 2.75) is 0 Å². The van der Waals surface area contributed by atoms with E-state index < -0.39 is 30.1 Å². The minimum absolute atomic E-state index is 0.0634. The SMILES string of the molecule is O=C(O)CN1C(=O)/C(=C\c2cc(Br)ccc2F)c2ccccc2C1=O. The molecule has 0 saturated heterocycles. The third kappa shape index (κ3) is 3.23. The van der Waals surface area contributed by atoms with Crippen molar-refractivity contribution in [3.05, 3.63) is 69.4 Å². The highest BCUT2D eigenvalue weighted by Gasteiger charge is 2.35. The second kappa shape index (κ2) is 6.60. The van der Waals surface area contributed by atoms with Crippen LogP contribution in [0.3, 0.4) is 0 Å². The normalized spacial score (nSPS) is 15.4. The van der Waals surface area contributed by atoms with Gasteiger partial charge in [-0.25, -0.2) is 4.39 Å². The smallest absolute Gasteiger partial charge is 0.323 e. The molecule has 1 heterocycles. The van der Waals surface area contributed by atoms with Crippen LogP contribution in [-0.4, -0.2) is 34.3 Å². The van der Waals surface area contributed by atoms with Gasteiger partial charge in [-0.05, 0) is 35.9 Å². The van der Waals surface area contributed by atoms with Crippen molar-refractivity contribution in [3.63, 3.8) is 0 Å². The molecule has 2 aromatic rings. The quantitative estimate of drug-likeness (QED) is 0.630. The molecule has 0 aliphatic carbocycles. The van der Waals surface area contributed by atoms with Crippen molar-refractivity contribution >= 4 is 45.4 Å². The number of hydrogen-bond acceptors (Lipinski definition) is 3. The summed E-state index contributed by atoms with van der Waals surface area (Å²) in [6, 6.07) is 10.6. The van der Waals surface area contributed by atoms with E-state index in [0.29, 0.717) is 14.9 Å². The summed E-state index contributed by atoms with van der Waals surface area (Å²) in [6.45, 7) is -0.760. The summed E-state index contributed by atoms with van der Waals surface area (Å²) >= 11 is 3.24. The lowest BCUT2D eigenvalue weighted by molar-refractivity contribution is -0.141. The maximum absolute atomic E-state index is 14.1. The summed E-state index contributed by atoms with van der Waals surface area (Å²) in [6.07, 6.45) is 1.32. The predicted octanol–water partition coefficient (Wildman–Crippen LogP) is 3.20. The molecule has 0 aromatic heterocycles. The van der Waals surface area contributed by atoms with Crippen LogP contribution >= 0.6 is 15.9 Å². The van der Waals surface area contributed by atoms with Crippen LogP contribution in [0.15, 0.2) is 46.9 Å². The molecule has 0 bridgehead atoms. The Kier molecular flexibility index (Phi) is 4.50. The summed E-state index contributed by atoms with van der Waals surface area (Å²) in [5.41, 5.74) is 0.758. The van der Waals surface area contributed by atoms with Crippen LogP contribution in [0.1, 0.15) is 21.5 Å². The first-order valence-corrected chi connectivity index (χ1v) is 8.02. The van der Waals surface area contributed by atoms with Crippen molar-refractivity contribution in [1.29, 1.82) is 0 Å². The van der Waals surface area contributed by atoms with Crippen LogP contribution in [0.4, 0.5) is 4.39 Å². The number of imide groups is 1. The largest absolute Gasteiger partial charge is 0.480 e. The lowest BCUT2D eigenvalue weighted by atomic mass is 9.92. The number of fused-ring (bicyclic) bond motifs is 1. The van der Waals surface area contributed by atoms with Gasteiger partial charge in [0.05, 0.1) is 0 Å². The lowest BCUT2D eigenvalue weighted by Crippen LogP contribution is -2.44. The van der Waals surface area contributed by atoms with Gasteiger partial charge >= 0.3 is 5.97 Å². The number of amides is 2. The van der Waals surface area contributed by atoms with E-state index >= 15 is 0 Å². The fourth-order valence-electron chi connectivity index (χ4n) is 2.60. The summed E-state index contributed by atoms with van der Waals surface area (Å²) in [4.78, 5) is 36.7. The first-order valence-electron chi connectivity index (χ1n) is 7.22. The molecule has 1 N–H and O–H groups in total. The van der Waals surface area contributed by atoms with E-state index in [2.05, 4.69) is 15.9 Å². The van der Waals surface area contributed by atoms with Gasteiger partial charge in [0.1, 0.15) is 12.4 Å². The van der Waals surface area contributed by atoms with Crippen LogP contribution in [0.25, 0.3) is 11.6 Å². The second-order valence-corrected chi connectivity index (χ2v) is 6.28. The Hall–Kier alpha value is -2.80. The van der Waals surface area contributed by atoms with Gasteiger partial charge in [-0.3, -0.25) is 19.3 Å². The Morgan fingerprint density at radius 1 is 1.12 bits per heavy atom. The molecule has 3 rings (SSSR count). The van der Waals surface area contributed by atoms with E-state index in [1.54, 1.807) is 18.2 Å². The van der Waals surface area contributed by atoms with Gasteiger partial charge in [0.25, 0.3) is 11.8 Å². The van der Waals surface area contributed by atoms with Crippen LogP contribution in [0.5, 0.6) is 0 Å². The van der Waals surface area contributed by atoms with Gasteiger partial charge < -0.3 is 5.11 Å². The summed E-state index contributed by atoms with van der Waals surface area (Å²) < 4.78 is 14.7. The zero-order valence-electron chi connectivity index (χ0n) is 12.7. The number of carboxylic acid groups (broad SMARTS) is 1. The van der Waals surface area contributed by atoms with Crippen molar-refractivity contribution in [2.75, 3.05) is 6.54 Å². The average molecular weight is 404 g/mol. The molecular formula is C18H11BrFNO4. The number of rotatable bonds is 3. The van der Waals surface area contributed by atoms with E-state index in [1.165, 1.54) is 30.3 Å². The molecule has 25 heavy (non-hydrogen) atoms. The van der Waals surface area contributed by atoms with Crippen molar-refractivity contribution in [3.8, 4) is 0 Å². The number of carboxylic acids is 1. The first-order chi connectivity index (χ1) is 11.9. The van der Waals surface area contributed by atoms with Crippen molar-refractivity contribution in [2.24, 2.45) is 0 Å². The van der Waals surface area contributed by atoms with Crippen molar-refractivity contribution in [1.82, 2.24) is 4.90 Å². The monoisotopic (exact) mass is 403 g/mol. The Morgan fingerprint density at radius 3 is 2.48 bits per heavy atom. The molecule has 1 aliphatic rings. The summed E-state index contributed by atoms with van der Waals surface area (Å²) in [7, 11) is 0. The zero-order valence-corrected chi connectivity index (χ0v) is 14.3. The third-order valence-electron chi connectivity index (χ3n) is 3.72. The fourth-order valence-corrected chi connectivity index (χ4v) is 2.98. The van der Waals surface area contributed by atoms with Crippen LogP contribution in [0, 0.1) is 5.82 Å². The molecule has 0 fully saturated rings. The average Bonchev–Trinajstić information content (AvgIpc) is 2.58. The molecule has 2 amide bonds. The maximum Gasteiger partial charge on any atom is 0.323 e. The molecule has 0 atom stereocenters. The highest BCUT2D eigenvalue weighted by atomic mass is 79.9. The van der Waals surface area contributed by atoms with Gasteiger partial charge in [0, 0.05) is 21.2 Å². The minimum atomic E-state index is -1.31. The Balaban J connectivity index is 2.20. The third-order valence-corrected chi connectivity index (χ3v) is 4.21. The Labute approximate surface area is 150 Å². The van der Waals surface area contributed by atoms with Crippen LogP contribution < -0.4 is 0 Å². The Morgan fingerprint density at radius 2 is 1.80 bits per heavy atom. The van der Waals surface area contributed by atoms with E-state index in [9.17, 15) is 18.8 Å². The number of halogens is 2. The molecule has 5 nitrogen and oxygen atoms in total. The topological polar surface area (TPSA) is 74.7 Å². The molecular weight excluding hydrogens is 393 g/mol. The molecule has 0 spiro atoms. The van der Waals surface area contributed by atoms with Crippen LogP contribution in [-0.2, 0) is 9.59 Å². The molecule has 1 aliphatic heterocycles. The van der Waals surface area contributed by atoms with E-state index in [-0.39, 0.29) is 16.7 Å². The predicted molar refractivity (Wildman–Crippen MR) is 92.1 cm³/mol. The van der Waals surface area contributed by atoms with Gasteiger partial charge in [0.15, 0.2) is 0 Å². The first kappa shape index (κ1) is 17.0. The van der Waals surface area contributed by atoms with E-state index in [4.69, 9.17) is 5.11 Å². The van der Waals surface area contributed by atoms with Gasteiger partial charge in [-0.15, -0.1) is 0 Å². The summed E-state index contributed by atoms with van der Waals surface area (Å²) in [5, 5.41) is 8.97. The minimum Gasteiger partial charge on any atom is -0.480 e. The van der Waals surface area contributed by atoms with E-state index in [0.717, 1.165) is 0 Å². The number of hydrogen-bond donors (Lipinski definition) is 1. The molecule has 126 valence electrons. The molecule has 2 aromatic carbocycles. The lowest BCUT2D eigenvalue weighted by Gasteiger charge is -2.27. The highest BCUT2D eigenvalue weighted by Crippen LogP contribution is 2.31. The number of carbonyl (C=O) groups is 3. The summed E-state index contributed by atoms with van der Waals surface area (Å²) in [5.74, 6) is -3.31. The standard InChI is InChI=1S/C18H11BrFNO4/c19-11-5-6-15(20)10(7-11)8-14-12-3-1-2-4-13(12)17(24)21(18(14)25)9-16(22)23/h1-8H,9H2,(H,22,23)/b14-8-. The van der Waals surface area contributed by atoms with Gasteiger partial charge in [-0.2, -0.15) is 0 Å². The van der Waals surface area contributed by atoms with Gasteiger partial charge in [0.2, 0.25) is 0 Å². The number of carbonyl (C=O) groups excluding carboxylic acids is 2. The maximum atomic E-state index is 14.1. The number of aliphatic carboxylic acids is 1. The Bertz CT molecular complexity index is 938. The number of nitrogens with zero attached hydrogens (tertiary/aromatic N) is 1.